The zero-order valence-electron chi connectivity index (χ0n) is 26.6. The van der Waals surface area contributed by atoms with Crippen molar-refractivity contribution in [2.45, 2.75) is 117 Å². The second kappa shape index (κ2) is 15.4. The van der Waals surface area contributed by atoms with Crippen molar-refractivity contribution in [1.82, 2.24) is 21.3 Å². The van der Waals surface area contributed by atoms with E-state index in [0.717, 1.165) is 18.4 Å². The molecule has 10 heteroatoms. The fourth-order valence-corrected chi connectivity index (χ4v) is 5.09. The first kappa shape index (κ1) is 35.1. The van der Waals surface area contributed by atoms with Gasteiger partial charge in [0.25, 0.3) is 0 Å². The summed E-state index contributed by atoms with van der Waals surface area (Å²) in [5.74, 6) is -2.05. The van der Waals surface area contributed by atoms with E-state index < -0.39 is 53.2 Å². The average Bonchev–Trinajstić information content (AvgIpc) is 2.88. The molecule has 1 fully saturated rings. The molecule has 1 aromatic rings. The van der Waals surface area contributed by atoms with Crippen molar-refractivity contribution in [1.29, 1.82) is 0 Å². The molecule has 1 aromatic carbocycles. The first-order chi connectivity index (χ1) is 19.5. The summed E-state index contributed by atoms with van der Waals surface area (Å²) in [4.78, 5) is 52.0. The van der Waals surface area contributed by atoms with Gasteiger partial charge < -0.3 is 31.1 Å². The topological polar surface area (TPSA) is 146 Å². The Balaban J connectivity index is 2.14. The Morgan fingerprint density at radius 3 is 2.00 bits per heavy atom. The lowest BCUT2D eigenvalue weighted by Crippen LogP contribution is -2.57. The van der Waals surface area contributed by atoms with Gasteiger partial charge in [0.05, 0.1) is 12.1 Å². The molecule has 0 spiro atoms. The van der Waals surface area contributed by atoms with Crippen LogP contribution in [0.15, 0.2) is 30.3 Å². The standard InChI is InChI=1S/C32H52N4O6/c1-20(2)26(35-30(41)42-32(6,7)8)29(40)34-24(18-21-14-10-9-11-15-21)25(37)19-33-27(38)22-16-12-13-17-23(22)28(39)36-31(3,4)5/h9-11,14-15,20,22-26,37H,12-13,16-19H2,1-8H3,(H,33,38)(H,34,40)(H,35,41)(H,36,39)/t22-,23+,24+,25-,26+/m1/s1. The molecule has 5 atom stereocenters. The van der Waals surface area contributed by atoms with Crippen LogP contribution in [0, 0.1) is 17.8 Å². The largest absolute Gasteiger partial charge is 0.444 e. The molecule has 42 heavy (non-hydrogen) atoms. The summed E-state index contributed by atoms with van der Waals surface area (Å²) in [5.41, 5.74) is -0.238. The van der Waals surface area contributed by atoms with Crippen molar-refractivity contribution >= 4 is 23.8 Å². The van der Waals surface area contributed by atoms with Gasteiger partial charge in [-0.25, -0.2) is 4.79 Å². The number of rotatable bonds is 11. The van der Waals surface area contributed by atoms with Gasteiger partial charge in [-0.2, -0.15) is 0 Å². The van der Waals surface area contributed by atoms with Crippen molar-refractivity contribution in [3.8, 4) is 0 Å². The number of nitrogens with one attached hydrogen (secondary N) is 4. The molecule has 1 aliphatic carbocycles. The lowest BCUT2D eigenvalue weighted by molar-refractivity contribution is -0.137. The van der Waals surface area contributed by atoms with Crippen LogP contribution in [0.5, 0.6) is 0 Å². The molecular weight excluding hydrogens is 536 g/mol. The van der Waals surface area contributed by atoms with Crippen molar-refractivity contribution in [2.75, 3.05) is 6.54 Å². The Labute approximate surface area is 251 Å². The molecule has 4 amide bonds. The highest BCUT2D eigenvalue weighted by Crippen LogP contribution is 2.31. The van der Waals surface area contributed by atoms with Gasteiger partial charge >= 0.3 is 6.09 Å². The zero-order chi connectivity index (χ0) is 31.7. The molecule has 1 saturated carbocycles. The molecule has 10 nitrogen and oxygen atoms in total. The minimum atomic E-state index is -1.13. The highest BCUT2D eigenvalue weighted by Gasteiger charge is 2.37. The molecule has 236 valence electrons. The van der Waals surface area contributed by atoms with Gasteiger partial charge in [-0.3, -0.25) is 14.4 Å². The third-order valence-electron chi connectivity index (χ3n) is 7.14. The van der Waals surface area contributed by atoms with Crippen LogP contribution in [0.1, 0.15) is 86.6 Å². The average molecular weight is 589 g/mol. The maximum atomic E-state index is 13.4. The quantitative estimate of drug-likeness (QED) is 0.268. The van der Waals surface area contributed by atoms with E-state index in [0.29, 0.717) is 19.3 Å². The Morgan fingerprint density at radius 2 is 1.48 bits per heavy atom. The fourth-order valence-electron chi connectivity index (χ4n) is 5.09. The third kappa shape index (κ3) is 12.0. The molecule has 2 rings (SSSR count). The Morgan fingerprint density at radius 1 is 0.905 bits per heavy atom. The predicted octanol–water partition coefficient (Wildman–Crippen LogP) is 3.46. The summed E-state index contributed by atoms with van der Waals surface area (Å²) in [6.45, 7) is 14.5. The van der Waals surface area contributed by atoms with Crippen molar-refractivity contribution in [3.05, 3.63) is 35.9 Å². The van der Waals surface area contributed by atoms with E-state index in [1.807, 2.05) is 51.1 Å². The number of carbonyl (C=O) groups is 4. The van der Waals surface area contributed by atoms with Gasteiger partial charge in [-0.05, 0) is 72.3 Å². The second-order valence-corrected chi connectivity index (χ2v) is 13.7. The molecule has 0 radical (unpaired) electrons. The van der Waals surface area contributed by atoms with Gasteiger partial charge in [0.15, 0.2) is 0 Å². The number of ether oxygens (including phenoxy) is 1. The van der Waals surface area contributed by atoms with Crippen LogP contribution in [-0.2, 0) is 25.5 Å². The van der Waals surface area contributed by atoms with Crippen molar-refractivity contribution in [3.63, 3.8) is 0 Å². The molecule has 0 bridgehead atoms. The molecule has 0 saturated heterocycles. The maximum Gasteiger partial charge on any atom is 0.408 e. The number of amides is 4. The smallest absolute Gasteiger partial charge is 0.408 e. The van der Waals surface area contributed by atoms with E-state index in [9.17, 15) is 24.3 Å². The number of alkyl carbamates (subject to hydrolysis) is 1. The number of aliphatic hydroxyl groups is 1. The first-order valence-electron chi connectivity index (χ1n) is 15.1. The van der Waals surface area contributed by atoms with Gasteiger partial charge in [-0.15, -0.1) is 0 Å². The van der Waals surface area contributed by atoms with E-state index in [-0.39, 0.29) is 24.3 Å². The molecule has 0 heterocycles. The van der Waals surface area contributed by atoms with Gasteiger partial charge in [0.2, 0.25) is 17.7 Å². The first-order valence-corrected chi connectivity index (χ1v) is 15.1. The van der Waals surface area contributed by atoms with Crippen LogP contribution in [-0.4, -0.2) is 64.8 Å². The molecule has 0 aromatic heterocycles. The van der Waals surface area contributed by atoms with Crippen LogP contribution < -0.4 is 21.3 Å². The minimum Gasteiger partial charge on any atom is -0.444 e. The summed E-state index contributed by atoms with van der Waals surface area (Å²) >= 11 is 0. The molecule has 1 aliphatic rings. The highest BCUT2D eigenvalue weighted by molar-refractivity contribution is 5.88. The van der Waals surface area contributed by atoms with E-state index in [2.05, 4.69) is 21.3 Å². The Kier molecular flexibility index (Phi) is 12.8. The second-order valence-electron chi connectivity index (χ2n) is 13.7. The number of hydrogen-bond donors (Lipinski definition) is 5. The fraction of sp³-hybridized carbons (Fsp3) is 0.688. The van der Waals surface area contributed by atoms with Crippen LogP contribution in [0.2, 0.25) is 0 Å². The van der Waals surface area contributed by atoms with E-state index in [1.54, 1.807) is 34.6 Å². The van der Waals surface area contributed by atoms with Gasteiger partial charge in [-0.1, -0.05) is 57.0 Å². The van der Waals surface area contributed by atoms with Gasteiger partial charge in [0, 0.05) is 23.9 Å². The summed E-state index contributed by atoms with van der Waals surface area (Å²) in [5, 5.41) is 22.6. The lowest BCUT2D eigenvalue weighted by Gasteiger charge is -2.33. The van der Waals surface area contributed by atoms with Crippen LogP contribution in [0.25, 0.3) is 0 Å². The minimum absolute atomic E-state index is 0.105. The van der Waals surface area contributed by atoms with E-state index in [1.165, 1.54) is 0 Å². The van der Waals surface area contributed by atoms with Crippen LogP contribution in [0.4, 0.5) is 4.79 Å². The van der Waals surface area contributed by atoms with Crippen LogP contribution in [0.3, 0.4) is 0 Å². The third-order valence-corrected chi connectivity index (χ3v) is 7.14. The summed E-state index contributed by atoms with van der Waals surface area (Å²) in [6, 6.07) is 7.75. The number of hydrogen-bond acceptors (Lipinski definition) is 6. The molecule has 5 N–H and O–H groups in total. The normalized spacial score (nSPS) is 19.7. The monoisotopic (exact) mass is 588 g/mol. The summed E-state index contributed by atoms with van der Waals surface area (Å²) in [6.07, 6.45) is 1.44. The highest BCUT2D eigenvalue weighted by atomic mass is 16.6. The van der Waals surface area contributed by atoms with Gasteiger partial charge in [0.1, 0.15) is 11.6 Å². The van der Waals surface area contributed by atoms with Crippen molar-refractivity contribution in [2.24, 2.45) is 17.8 Å². The Hall–Kier alpha value is -3.14. The lowest BCUT2D eigenvalue weighted by atomic mass is 9.77. The van der Waals surface area contributed by atoms with E-state index in [4.69, 9.17) is 4.74 Å². The summed E-state index contributed by atoms with van der Waals surface area (Å²) < 4.78 is 5.34. The SMILES string of the molecule is CC(C)[C@H](NC(=O)OC(C)(C)C)C(=O)N[C@@H](Cc1ccccc1)[C@H](O)CNC(=O)[C@@H]1CCCC[C@@H]1C(=O)NC(C)(C)C. The van der Waals surface area contributed by atoms with E-state index >= 15 is 0 Å². The zero-order valence-corrected chi connectivity index (χ0v) is 26.6. The predicted molar refractivity (Wildman–Crippen MR) is 162 cm³/mol. The molecule has 0 unspecified atom stereocenters. The molecule has 0 aliphatic heterocycles. The molecular formula is C32H52N4O6. The number of benzene rings is 1. The Bertz CT molecular complexity index is 1050. The maximum absolute atomic E-state index is 13.4. The number of aliphatic hydroxyl groups excluding tert-OH is 1. The van der Waals surface area contributed by atoms with Crippen molar-refractivity contribution < 1.29 is 29.0 Å². The number of carbonyl (C=O) groups excluding carboxylic acids is 4. The summed E-state index contributed by atoms with van der Waals surface area (Å²) in [7, 11) is 0. The van der Waals surface area contributed by atoms with Crippen LogP contribution >= 0.6 is 0 Å².